The third-order valence-corrected chi connectivity index (χ3v) is 17.6. The van der Waals surface area contributed by atoms with Crippen molar-refractivity contribution in [3.63, 3.8) is 0 Å². The molecule has 8 aromatic rings. The van der Waals surface area contributed by atoms with E-state index in [-0.39, 0.29) is 19.5 Å². The molecular formula is C61H56F6O6P2RhSb-. The minimum Gasteiger partial charge on any atom is 0 e. The zero-order chi connectivity index (χ0) is 54.1. The molecule has 0 saturated heterocycles. The Kier molecular flexibility index (Phi) is 18.8. The van der Waals surface area contributed by atoms with E-state index in [2.05, 4.69) is 194 Å². The molecule has 0 fully saturated rings. The number of allylic oxidation sites excluding steroid dienone is 4. The van der Waals surface area contributed by atoms with Crippen molar-refractivity contribution >= 4 is 67.1 Å². The maximum atomic E-state index is 9.93. The van der Waals surface area contributed by atoms with Crippen LogP contribution in [0.1, 0.15) is 6.42 Å². The van der Waals surface area contributed by atoms with Crippen LogP contribution in [0, 0.1) is 11.8 Å². The number of methoxy groups -OCH3 is 6. The first kappa shape index (κ1) is 58.6. The molecule has 1 radical (unpaired) electrons. The molecule has 0 N–H and O–H groups in total. The van der Waals surface area contributed by atoms with E-state index in [1.54, 1.807) is 42.7 Å². The fourth-order valence-corrected chi connectivity index (χ4v) is 14.9. The van der Waals surface area contributed by atoms with Crippen LogP contribution in [-0.4, -0.2) is 62.1 Å². The molecule has 2 aliphatic carbocycles. The van der Waals surface area contributed by atoms with Crippen molar-refractivity contribution in [2.75, 3.05) is 42.7 Å². The van der Waals surface area contributed by atoms with E-state index in [0.29, 0.717) is 34.5 Å². The summed E-state index contributed by atoms with van der Waals surface area (Å²) in [5.74, 6) is 4.65. The molecule has 0 aliphatic heterocycles. The van der Waals surface area contributed by atoms with Crippen LogP contribution in [0.5, 0.6) is 34.5 Å². The summed E-state index contributed by atoms with van der Waals surface area (Å²) in [4.78, 5) is 0. The van der Waals surface area contributed by atoms with Gasteiger partial charge < -0.3 is 28.4 Å². The van der Waals surface area contributed by atoms with Crippen LogP contribution in [-0.2, 0) is 19.5 Å². The molecule has 0 amide bonds. The van der Waals surface area contributed by atoms with E-state index in [4.69, 9.17) is 28.4 Å². The Hall–Kier alpha value is -6.08. The number of hydrogen-bond donors (Lipinski definition) is 0. The van der Waals surface area contributed by atoms with Crippen molar-refractivity contribution in [2.24, 2.45) is 11.8 Å². The molecular weight excluding hydrogens is 1230 g/mol. The number of fused-ring (bicyclic) bond motifs is 2. The van der Waals surface area contributed by atoms with E-state index < -0.39 is 35.3 Å². The van der Waals surface area contributed by atoms with Gasteiger partial charge in [0.25, 0.3) is 0 Å². The second-order valence-corrected chi connectivity index (χ2v) is 27.2. The molecule has 0 heterocycles. The predicted molar refractivity (Wildman–Crippen MR) is 302 cm³/mol. The fourth-order valence-electron chi connectivity index (χ4n) is 9.60. The fraction of sp³-hybridized carbons (Fsp3) is 0.148. The van der Waals surface area contributed by atoms with Gasteiger partial charge in [-0.25, -0.2) is 0 Å². The molecule has 8 aromatic carbocycles. The predicted octanol–water partition coefficient (Wildman–Crippen LogP) is 14.1. The van der Waals surface area contributed by atoms with Gasteiger partial charge in [0, 0.05) is 52.3 Å². The van der Waals surface area contributed by atoms with Crippen LogP contribution in [0.3, 0.4) is 0 Å². The Bertz CT molecular complexity index is 3000. The normalized spacial score (nSPS) is 14.9. The summed E-state index contributed by atoms with van der Waals surface area (Å²) < 4.78 is 98.9. The Morgan fingerprint density at radius 1 is 0.325 bits per heavy atom. The summed E-state index contributed by atoms with van der Waals surface area (Å²) in [6.45, 7) is 0. The Morgan fingerprint density at radius 3 is 0.727 bits per heavy atom. The molecule has 2 bridgehead atoms. The van der Waals surface area contributed by atoms with E-state index in [9.17, 15) is 16.9 Å². The Balaban J connectivity index is 0.000000498. The minimum atomic E-state index is -11.2. The van der Waals surface area contributed by atoms with Crippen molar-refractivity contribution in [1.29, 1.82) is 0 Å². The van der Waals surface area contributed by atoms with Gasteiger partial charge >= 0.3 is 36.4 Å². The number of ether oxygens (including phenoxy) is 6. The Labute approximate surface area is 463 Å². The third-order valence-electron chi connectivity index (χ3n) is 12.5. The molecule has 6 nitrogen and oxygen atoms in total. The molecule has 0 saturated carbocycles. The average molecular weight is 1290 g/mol. The number of benzene rings is 8. The second-order valence-electron chi connectivity index (χ2n) is 17.4. The molecule has 10 rings (SSSR count). The SMILES string of the molecule is C1=CC2C=CC1C2.COc1c(OC)c(-c2ccccc2)c(P(c2ccccc2)c2ccccc2)c(-c2c(OC)c(OC)c(OC)c(-c3ccccc3)c2P(c2ccccc2)c2ccccc2)c1OC.[F][Sb-]([F])([F])([F])([F])[F].[Rh]. The molecule has 0 unspecified atom stereocenters. The number of hydrogen-bond acceptors (Lipinski definition) is 6. The van der Waals surface area contributed by atoms with Gasteiger partial charge in [-0.2, -0.15) is 0 Å². The maximum absolute atomic E-state index is 11.2. The van der Waals surface area contributed by atoms with Crippen molar-refractivity contribution in [2.45, 2.75) is 6.42 Å². The molecule has 0 atom stereocenters. The van der Waals surface area contributed by atoms with E-state index >= 15 is 0 Å². The molecule has 0 aromatic heterocycles. The molecule has 0 spiro atoms. The minimum absolute atomic E-state index is 0. The summed E-state index contributed by atoms with van der Waals surface area (Å²) in [5, 5.41) is 6.55. The second kappa shape index (κ2) is 24.7. The first-order chi connectivity index (χ1) is 36.5. The van der Waals surface area contributed by atoms with Crippen molar-refractivity contribution < 1.29 is 64.8 Å². The summed E-state index contributed by atoms with van der Waals surface area (Å²) in [6.07, 6.45) is 10.5. The maximum Gasteiger partial charge on any atom is 0 e. The first-order valence-corrected chi connectivity index (χ1v) is 32.5. The standard InChI is InChI=1S/C54H48O6P2.C7H8.6FH.Rh.Sb/c1-55-47-43(37-25-13-7-14-26-37)53(61(39-29-17-9-18-30-39)40-31-19-10-20-32-40)45(49(57-3)51(47)59-5)46-50(58-4)52(60-6)48(56-2)44(38-27-15-8-16-28-38)54(46)62(41-33-21-11-22-34-41)42-35-23-12-24-36-42;1-2-7-4-3-6(1)5-7;;;;;;;;/h7-36H,1-6H3;1-4,6-7H,5H2;6*1H;;/q;;;;;;;;;+5/p-6. The summed E-state index contributed by atoms with van der Waals surface area (Å²) in [5.41, 5.74) is 5.27. The molecule has 77 heavy (non-hydrogen) atoms. The first-order valence-electron chi connectivity index (χ1n) is 24.1. The van der Waals surface area contributed by atoms with Gasteiger partial charge in [0.2, 0.25) is 11.5 Å². The van der Waals surface area contributed by atoms with Crippen LogP contribution in [0.2, 0.25) is 0 Å². The summed E-state index contributed by atoms with van der Waals surface area (Å²) in [6, 6.07) is 63.6. The van der Waals surface area contributed by atoms with Crippen LogP contribution in [0.4, 0.5) is 16.9 Å². The largest absolute Gasteiger partial charge is 0 e. The quantitative estimate of drug-likeness (QED) is 0.0441. The van der Waals surface area contributed by atoms with Crippen LogP contribution in [0.25, 0.3) is 33.4 Å². The monoisotopic (exact) mass is 1280 g/mol. The topological polar surface area (TPSA) is 55.4 Å². The molecule has 2 aliphatic rings. The zero-order valence-electron chi connectivity index (χ0n) is 42.9. The zero-order valence-corrected chi connectivity index (χ0v) is 48.9. The van der Waals surface area contributed by atoms with Gasteiger partial charge in [-0.3, -0.25) is 0 Å². The number of rotatable bonds is 15. The van der Waals surface area contributed by atoms with Crippen LogP contribution < -0.4 is 60.2 Å². The van der Waals surface area contributed by atoms with Crippen molar-refractivity contribution in [3.05, 3.63) is 206 Å². The summed E-state index contributed by atoms with van der Waals surface area (Å²) in [7, 11) is 7.36. The smallest absolute Gasteiger partial charge is 0 e. The van der Waals surface area contributed by atoms with Gasteiger partial charge in [-0.1, -0.05) is 206 Å². The van der Waals surface area contributed by atoms with Gasteiger partial charge in [0.1, 0.15) is 0 Å². The average Bonchev–Trinajstić information content (AvgIpc) is 4.27. The third kappa shape index (κ3) is 14.0. The van der Waals surface area contributed by atoms with Crippen molar-refractivity contribution in [1.82, 2.24) is 0 Å². The molecule has 16 heteroatoms. The molecule has 403 valence electrons. The summed E-state index contributed by atoms with van der Waals surface area (Å²) >= 11 is -11.2. The Morgan fingerprint density at radius 2 is 0.532 bits per heavy atom. The van der Waals surface area contributed by atoms with Gasteiger partial charge in [-0.05, 0) is 66.4 Å². The van der Waals surface area contributed by atoms with Crippen LogP contribution >= 0.6 is 15.8 Å². The van der Waals surface area contributed by atoms with E-state index in [1.807, 2.05) is 12.1 Å². The van der Waals surface area contributed by atoms with E-state index in [0.717, 1.165) is 77.0 Å². The van der Waals surface area contributed by atoms with E-state index in [1.165, 1.54) is 6.42 Å². The van der Waals surface area contributed by atoms with Gasteiger partial charge in [-0.15, -0.1) is 0 Å². The number of halogens is 6. The van der Waals surface area contributed by atoms with Crippen molar-refractivity contribution in [3.8, 4) is 67.9 Å². The van der Waals surface area contributed by atoms with Gasteiger partial charge in [0.15, 0.2) is 23.0 Å². The van der Waals surface area contributed by atoms with Gasteiger partial charge in [0.05, 0.1) is 42.7 Å². The van der Waals surface area contributed by atoms with Crippen LogP contribution in [0.15, 0.2) is 206 Å².